The minimum Gasteiger partial charge on any atom is -0.356 e. The fourth-order valence-corrected chi connectivity index (χ4v) is 3.47. The lowest BCUT2D eigenvalue weighted by atomic mass is 9.86. The highest BCUT2D eigenvalue weighted by Gasteiger charge is 2.21. The summed E-state index contributed by atoms with van der Waals surface area (Å²) < 4.78 is 0. The Hall–Kier alpha value is -2.43. The van der Waals surface area contributed by atoms with Gasteiger partial charge in [0.2, 0.25) is 0 Å². The Labute approximate surface area is 155 Å². The Bertz CT molecular complexity index is 782. The lowest BCUT2D eigenvalue weighted by Crippen LogP contribution is -2.35. The summed E-state index contributed by atoms with van der Waals surface area (Å²) in [5.74, 6) is 1.28. The highest BCUT2D eigenvalue weighted by Crippen LogP contribution is 2.29. The first-order chi connectivity index (χ1) is 12.3. The predicted molar refractivity (Wildman–Crippen MR) is 106 cm³/mol. The van der Waals surface area contributed by atoms with E-state index in [1.54, 1.807) is 6.07 Å². The van der Waals surface area contributed by atoms with Gasteiger partial charge in [0.25, 0.3) is 5.91 Å². The molecule has 0 spiro atoms. The van der Waals surface area contributed by atoms with Crippen molar-refractivity contribution in [3.05, 3.63) is 47.9 Å². The summed E-state index contributed by atoms with van der Waals surface area (Å²) in [4.78, 5) is 23.6. The molecule has 26 heavy (non-hydrogen) atoms. The number of piperidine rings is 1. The molecular weight excluding hydrogens is 324 g/mol. The van der Waals surface area contributed by atoms with Gasteiger partial charge in [0.15, 0.2) is 0 Å². The SMILES string of the molecule is CC1CCCN(c2cc(C(=O)Nc3ccccc3C(C)(C)C)ncn2)C1. The van der Waals surface area contributed by atoms with Crippen LogP contribution in [0.1, 0.15) is 56.6 Å². The molecule has 1 N–H and O–H groups in total. The van der Waals surface area contributed by atoms with Gasteiger partial charge in [0.1, 0.15) is 17.8 Å². The summed E-state index contributed by atoms with van der Waals surface area (Å²) >= 11 is 0. The van der Waals surface area contributed by atoms with Crippen molar-refractivity contribution in [2.45, 2.75) is 46.0 Å². The second-order valence-electron chi connectivity index (χ2n) is 8.20. The maximum absolute atomic E-state index is 12.8. The molecule has 1 aromatic carbocycles. The summed E-state index contributed by atoms with van der Waals surface area (Å²) in [6.07, 6.45) is 3.89. The monoisotopic (exact) mass is 352 g/mol. The lowest BCUT2D eigenvalue weighted by Gasteiger charge is -2.31. The highest BCUT2D eigenvalue weighted by molar-refractivity contribution is 6.03. The third-order valence-electron chi connectivity index (χ3n) is 4.85. The molecule has 5 nitrogen and oxygen atoms in total. The number of nitrogens with zero attached hydrogens (tertiary/aromatic N) is 3. The molecule has 1 saturated heterocycles. The van der Waals surface area contributed by atoms with Crippen LogP contribution in [0, 0.1) is 5.92 Å². The maximum atomic E-state index is 12.8. The molecule has 3 rings (SSSR count). The van der Waals surface area contributed by atoms with Crippen LogP contribution in [0.2, 0.25) is 0 Å². The Morgan fingerprint density at radius 2 is 2.00 bits per heavy atom. The number of nitrogens with one attached hydrogen (secondary N) is 1. The van der Waals surface area contributed by atoms with E-state index in [9.17, 15) is 4.79 Å². The smallest absolute Gasteiger partial charge is 0.274 e. The number of para-hydroxylation sites is 1. The van der Waals surface area contributed by atoms with Crippen LogP contribution in [0.5, 0.6) is 0 Å². The molecular formula is C21H28N4O. The number of benzene rings is 1. The molecule has 0 aliphatic carbocycles. The van der Waals surface area contributed by atoms with Crippen molar-refractivity contribution in [2.75, 3.05) is 23.3 Å². The van der Waals surface area contributed by atoms with Crippen LogP contribution in [0.25, 0.3) is 0 Å². The van der Waals surface area contributed by atoms with Crippen molar-refractivity contribution in [3.8, 4) is 0 Å². The maximum Gasteiger partial charge on any atom is 0.274 e. The molecule has 1 fully saturated rings. The molecule has 1 unspecified atom stereocenters. The molecule has 1 aliphatic heterocycles. The van der Waals surface area contributed by atoms with E-state index in [0.29, 0.717) is 11.6 Å². The first-order valence-electron chi connectivity index (χ1n) is 9.32. The minimum atomic E-state index is -0.199. The zero-order valence-electron chi connectivity index (χ0n) is 16.1. The largest absolute Gasteiger partial charge is 0.356 e. The fraction of sp³-hybridized carbons (Fsp3) is 0.476. The average Bonchev–Trinajstić information content (AvgIpc) is 2.61. The first kappa shape index (κ1) is 18.4. The van der Waals surface area contributed by atoms with Gasteiger partial charge in [-0.2, -0.15) is 0 Å². The van der Waals surface area contributed by atoms with Crippen LogP contribution >= 0.6 is 0 Å². The van der Waals surface area contributed by atoms with Gasteiger partial charge in [-0.15, -0.1) is 0 Å². The summed E-state index contributed by atoms with van der Waals surface area (Å²) in [6.45, 7) is 10.6. The van der Waals surface area contributed by atoms with E-state index in [1.807, 2.05) is 18.2 Å². The molecule has 0 saturated carbocycles. The highest BCUT2D eigenvalue weighted by atomic mass is 16.1. The van der Waals surface area contributed by atoms with E-state index in [2.05, 4.69) is 53.9 Å². The zero-order chi connectivity index (χ0) is 18.7. The standard InChI is InChI=1S/C21H28N4O/c1-15-8-7-11-25(13-15)19-12-18(22-14-23-19)20(26)24-17-10-6-5-9-16(17)21(2,3)4/h5-6,9-10,12,14-15H,7-8,11,13H2,1-4H3,(H,24,26). The van der Waals surface area contributed by atoms with Crippen molar-refractivity contribution in [1.29, 1.82) is 0 Å². The van der Waals surface area contributed by atoms with Gasteiger partial charge in [-0.3, -0.25) is 4.79 Å². The first-order valence-corrected chi connectivity index (χ1v) is 9.32. The van der Waals surface area contributed by atoms with Crippen molar-refractivity contribution in [2.24, 2.45) is 5.92 Å². The van der Waals surface area contributed by atoms with Gasteiger partial charge < -0.3 is 10.2 Å². The van der Waals surface area contributed by atoms with Crippen molar-refractivity contribution >= 4 is 17.4 Å². The molecule has 5 heteroatoms. The number of hydrogen-bond acceptors (Lipinski definition) is 4. The Morgan fingerprint density at radius 3 is 2.73 bits per heavy atom. The third-order valence-corrected chi connectivity index (χ3v) is 4.85. The van der Waals surface area contributed by atoms with E-state index in [1.165, 1.54) is 12.7 Å². The van der Waals surface area contributed by atoms with Crippen LogP contribution in [0.4, 0.5) is 11.5 Å². The average molecular weight is 352 g/mol. The number of hydrogen-bond donors (Lipinski definition) is 1. The third kappa shape index (κ3) is 4.21. The lowest BCUT2D eigenvalue weighted by molar-refractivity contribution is 0.102. The summed E-state index contributed by atoms with van der Waals surface area (Å²) in [7, 11) is 0. The normalized spacial score (nSPS) is 17.8. The topological polar surface area (TPSA) is 58.1 Å². The molecule has 2 aromatic rings. The molecule has 1 amide bonds. The van der Waals surface area contributed by atoms with Crippen molar-refractivity contribution < 1.29 is 4.79 Å². The van der Waals surface area contributed by atoms with E-state index < -0.39 is 0 Å². The summed E-state index contributed by atoms with van der Waals surface area (Å²) in [6, 6.07) is 9.72. The minimum absolute atomic E-state index is 0.0509. The second kappa shape index (κ2) is 7.44. The van der Waals surface area contributed by atoms with E-state index in [4.69, 9.17) is 0 Å². The molecule has 0 radical (unpaired) electrons. The van der Waals surface area contributed by atoms with Crippen LogP contribution in [-0.4, -0.2) is 29.0 Å². The van der Waals surface area contributed by atoms with Gasteiger partial charge in [0.05, 0.1) is 0 Å². The van der Waals surface area contributed by atoms with E-state index in [0.717, 1.165) is 36.6 Å². The van der Waals surface area contributed by atoms with Gasteiger partial charge in [0, 0.05) is 24.8 Å². The second-order valence-corrected chi connectivity index (χ2v) is 8.20. The van der Waals surface area contributed by atoms with Crippen LogP contribution < -0.4 is 10.2 Å². The van der Waals surface area contributed by atoms with E-state index >= 15 is 0 Å². The molecule has 1 aliphatic rings. The Morgan fingerprint density at radius 1 is 1.23 bits per heavy atom. The Balaban J connectivity index is 1.80. The van der Waals surface area contributed by atoms with Crippen molar-refractivity contribution in [3.63, 3.8) is 0 Å². The quantitative estimate of drug-likeness (QED) is 0.896. The van der Waals surface area contributed by atoms with Crippen molar-refractivity contribution in [1.82, 2.24) is 9.97 Å². The number of amides is 1. The number of anilines is 2. The molecule has 0 bridgehead atoms. The van der Waals surface area contributed by atoms with Crippen LogP contribution in [-0.2, 0) is 5.41 Å². The molecule has 2 heterocycles. The van der Waals surface area contributed by atoms with Gasteiger partial charge in [-0.25, -0.2) is 9.97 Å². The summed E-state index contributed by atoms with van der Waals surface area (Å²) in [5, 5.41) is 3.02. The van der Waals surface area contributed by atoms with E-state index in [-0.39, 0.29) is 11.3 Å². The molecule has 1 aromatic heterocycles. The number of rotatable bonds is 3. The Kier molecular flexibility index (Phi) is 5.25. The van der Waals surface area contributed by atoms with Crippen LogP contribution in [0.3, 0.4) is 0 Å². The zero-order valence-corrected chi connectivity index (χ0v) is 16.1. The number of aromatic nitrogens is 2. The fourth-order valence-electron chi connectivity index (χ4n) is 3.47. The van der Waals surface area contributed by atoms with Gasteiger partial charge >= 0.3 is 0 Å². The molecule has 138 valence electrons. The van der Waals surface area contributed by atoms with Gasteiger partial charge in [-0.1, -0.05) is 45.9 Å². The van der Waals surface area contributed by atoms with Crippen LogP contribution in [0.15, 0.2) is 36.7 Å². The summed E-state index contributed by atoms with van der Waals surface area (Å²) in [5.41, 5.74) is 2.28. The predicted octanol–water partition coefficient (Wildman–Crippen LogP) is 4.26. The number of carbonyl (C=O) groups excluding carboxylic acids is 1. The number of carbonyl (C=O) groups is 1. The molecule has 1 atom stereocenters. The van der Waals surface area contributed by atoms with Gasteiger partial charge in [-0.05, 0) is 35.8 Å².